The Labute approximate surface area is 711 Å². The molecule has 0 spiro atoms. The van der Waals surface area contributed by atoms with E-state index in [4.69, 9.17) is 27.6 Å². The fourth-order valence-corrected chi connectivity index (χ4v) is 4.34. The third kappa shape index (κ3) is 98.8. The predicted molar refractivity (Wildman–Crippen MR) is 420 cm³/mol. The van der Waals surface area contributed by atoms with E-state index in [0.29, 0.717) is 48.8 Å². The van der Waals surface area contributed by atoms with Gasteiger partial charge in [0.25, 0.3) is 0 Å². The Balaban J connectivity index is -0.0000000816. The van der Waals surface area contributed by atoms with Gasteiger partial charge in [0.15, 0.2) is 60.4 Å². The van der Waals surface area contributed by atoms with Gasteiger partial charge in [-0.25, -0.2) is 131 Å². The van der Waals surface area contributed by atoms with Crippen molar-refractivity contribution in [2.75, 3.05) is 149 Å². The van der Waals surface area contributed by atoms with E-state index in [0.717, 1.165) is 29.1 Å². The van der Waals surface area contributed by atoms with Crippen molar-refractivity contribution < 1.29 is 145 Å². The van der Waals surface area contributed by atoms with Crippen LogP contribution in [0.3, 0.4) is 0 Å². The molecule has 0 aromatic rings. The second kappa shape index (κ2) is 92.2. The molecule has 0 rings (SSSR count). The maximum atomic E-state index is 11.2. The van der Waals surface area contributed by atoms with E-state index < -0.39 is 142 Å². The highest BCUT2D eigenvalue weighted by Gasteiger charge is 2.38. The molecule has 0 atom stereocenters. The van der Waals surface area contributed by atoms with Gasteiger partial charge < -0.3 is 41.4 Å². The van der Waals surface area contributed by atoms with Gasteiger partial charge in [0.2, 0.25) is 20.0 Å². The molecule has 728 valence electrons. The number of nitrogens with one attached hydrogen (secondary N) is 8. The van der Waals surface area contributed by atoms with E-state index in [1.807, 2.05) is 33.1 Å². The van der Waals surface area contributed by atoms with Gasteiger partial charge >= 0.3 is 81.4 Å². The van der Waals surface area contributed by atoms with Crippen LogP contribution in [0, 0.1) is 134 Å². The summed E-state index contributed by atoms with van der Waals surface area (Å²) in [5, 5.41) is 127. The minimum Gasteiger partial charge on any atom is -0.458 e. The highest BCUT2D eigenvalue weighted by Crippen LogP contribution is 1.99. The van der Waals surface area contributed by atoms with Crippen LogP contribution in [0.25, 0.3) is 0 Å². The summed E-state index contributed by atoms with van der Waals surface area (Å²) in [6.45, 7) is 26.4. The average Bonchev–Trinajstić information content (AvgIpc) is 0.863. The summed E-state index contributed by atoms with van der Waals surface area (Å²) in [7, 11) is 7.10. The number of hydrogen-bond donors (Lipinski definition) is 10. The summed E-state index contributed by atoms with van der Waals surface area (Å²) in [6, 6.07) is 0. The number of carbonyl (C=O) groups is 12. The van der Waals surface area contributed by atoms with Crippen LogP contribution < -0.4 is 42.8 Å². The van der Waals surface area contributed by atoms with Crippen molar-refractivity contribution in [1.82, 2.24) is 92.8 Å². The average molecular weight is 1860 g/mol. The smallest absolute Gasteiger partial charge is 0.431 e. The SMILES string of the molecule is C#COC(=O)C(=O)OCC.CC.CC.CCC.CCN(C(=O)C(=O)N(CC)[N+](=O)[O-])[N+](=O)[O-].CCN(CN(C)[N+](=O)[O-])[N+](=O)[O-].CCN(CN(CC)[N+](=O)[O-])[N+](=O)[O-].CCNC(=O)C(=O)NCC.CCN[N+](=O)[O-].CN(C(=O)C(=O)N(C)[N+](=O)[O-])[N+](=O)[O-].CN(CN(C)[N+](=O)[O-])[N+](=O)[O-].CNC(=O)C(=O)NC.CNC(=O)C(=O)NC.CN[N+](=O)[O-].O=S(=O)(O)O. The van der Waals surface area contributed by atoms with Crippen molar-refractivity contribution in [3.63, 3.8) is 0 Å². The number of esters is 2. The summed E-state index contributed by atoms with van der Waals surface area (Å²) in [6.07, 6.45) is 7.37. The molecule has 0 aliphatic carbocycles. The fraction of sp³-hybridized carbons (Fsp3) is 0.731. The lowest BCUT2D eigenvalue weighted by Gasteiger charge is -2.16. The summed E-state index contributed by atoms with van der Waals surface area (Å²) in [5.41, 5.74) is 3.68. The minimum absolute atomic E-state index is 0.00843. The van der Waals surface area contributed by atoms with Crippen molar-refractivity contribution in [2.24, 2.45) is 0 Å². The van der Waals surface area contributed by atoms with Crippen LogP contribution in [0.1, 0.15) is 110 Å². The molecule has 125 heavy (non-hydrogen) atoms. The molecule has 0 saturated heterocycles. The van der Waals surface area contributed by atoms with Gasteiger partial charge in [0, 0.05) is 41.3 Å². The molecule has 0 fully saturated rings. The summed E-state index contributed by atoms with van der Waals surface area (Å²) >= 11 is 0. The van der Waals surface area contributed by atoms with Crippen LogP contribution in [-0.4, -0.2) is 348 Å². The molecule has 10 N–H and O–H groups in total. The zero-order chi connectivity index (χ0) is 103. The van der Waals surface area contributed by atoms with Gasteiger partial charge in [-0.05, 0) is 62.3 Å². The first-order valence-electron chi connectivity index (χ1n) is 34.1. The lowest BCUT2D eigenvalue weighted by Crippen LogP contribution is -2.49. The molecule has 0 aromatic heterocycles. The highest BCUT2D eigenvalue weighted by atomic mass is 32.3. The van der Waals surface area contributed by atoms with Crippen LogP contribution in [-0.2, 0) is 77.4 Å². The highest BCUT2D eigenvalue weighted by molar-refractivity contribution is 7.79. The number of likely N-dealkylation sites (N-methyl/N-ethyl adjacent to an activating group) is 10. The zero-order valence-electron chi connectivity index (χ0n) is 72.7. The van der Waals surface area contributed by atoms with Crippen LogP contribution in [0.4, 0.5) is 0 Å². The van der Waals surface area contributed by atoms with Crippen LogP contribution in [0.15, 0.2) is 0 Å². The number of terminal acetylenes is 1. The maximum Gasteiger partial charge on any atom is 0.431 e. The molecule has 72 nitrogen and oxygen atoms in total. The lowest BCUT2D eigenvalue weighted by molar-refractivity contribution is -0.710. The van der Waals surface area contributed by atoms with E-state index in [9.17, 15) is 169 Å². The molecular formula is C52H112N30O42S. The summed E-state index contributed by atoms with van der Waals surface area (Å²) in [5.74, 6) is -12.1. The van der Waals surface area contributed by atoms with Crippen molar-refractivity contribution in [1.29, 1.82) is 0 Å². The van der Waals surface area contributed by atoms with Crippen molar-refractivity contribution >= 4 is 81.4 Å². The first-order chi connectivity index (χ1) is 57.4. The number of hydrazine groups is 12. The van der Waals surface area contributed by atoms with Gasteiger partial charge in [0.1, 0.15) is 6.11 Å². The third-order valence-electron chi connectivity index (χ3n) is 9.90. The number of ether oxygens (including phenoxy) is 2. The van der Waals surface area contributed by atoms with Crippen LogP contribution in [0.5, 0.6) is 0 Å². The second-order valence-electron chi connectivity index (χ2n) is 18.6. The summed E-state index contributed by atoms with van der Waals surface area (Å²) in [4.78, 5) is 246. The molecule has 0 unspecified atom stereocenters. The predicted octanol–water partition coefficient (Wildman–Crippen LogP) is -6.00. The van der Waals surface area contributed by atoms with E-state index >= 15 is 0 Å². The van der Waals surface area contributed by atoms with E-state index in [1.54, 1.807) is 60.0 Å². The summed E-state index contributed by atoms with van der Waals surface area (Å²) < 4.78 is 39.7. The number of nitrogens with zero attached hydrogens (tertiary/aromatic N) is 22. The molecule has 10 amide bonds. The van der Waals surface area contributed by atoms with E-state index in [2.05, 4.69) is 61.6 Å². The Bertz CT molecular complexity index is 3280. The quantitative estimate of drug-likeness (QED) is 0.00696. The van der Waals surface area contributed by atoms with Crippen molar-refractivity contribution in [3.8, 4) is 12.5 Å². The normalized spacial score (nSPS) is 8.46. The first-order valence-corrected chi connectivity index (χ1v) is 35.5. The van der Waals surface area contributed by atoms with Crippen LogP contribution in [0.2, 0.25) is 0 Å². The largest absolute Gasteiger partial charge is 0.458 e. The standard InChI is InChI=1S/C6H10N4O6.C6H12N2O2.C6H6O4.C5H12N4O4.C4H6N4O6.C4H10N4O4.2C4H8N2O2.C3H8N4O4.C3H8.C2H6N2O2.2C2H6.CH4N2O2.H2O4S/c1-3-7(9(13)14)5(11)6(12)8(4-2)10(15)16;1-3-7-5(9)6(10)8-4-2;1-3-9-5(7)6(8)10-4-2;1-3-6(8(10)11)5-7(4-2)9(12)13;1-5(7(11)12)3(9)4(10)6(2)8(13)14;1-3-6(8(11)12)4-5(2)7(9)10;2*1-5-3(7)4(8)6-2;1-4(6(8)9)3-5(2)7(10)11;1-3-2;1-2-3-4(5)6;2*1-2;1-2-3(4)5;1-5(2,3)4/h3-4H2,1-2H3;3-4H2,1-2H3,(H,7,9)(H,8,10);1H,4H2,2H3;3-5H2,1-2H3;1-2H3;3-4H2,1-2H3;2*1-2H3,(H,5,7)(H,6,8);3H2,1-2H3;3H2,1-2H3;3H,2H2,1H3;2*1-2H3;2H,1H3;(H2,1,2,3,4). The van der Waals surface area contributed by atoms with Gasteiger partial charge in [0.05, 0.1) is 88.2 Å². The van der Waals surface area contributed by atoms with E-state index in [1.165, 1.54) is 62.6 Å². The Morgan fingerprint density at radius 2 is 0.600 bits per heavy atom. The lowest BCUT2D eigenvalue weighted by atomic mass is 10.5. The fourth-order valence-electron chi connectivity index (χ4n) is 4.34. The third-order valence-corrected chi connectivity index (χ3v) is 9.90. The topological polar surface area (TPSA) is 944 Å². The Morgan fingerprint density at radius 1 is 0.360 bits per heavy atom. The van der Waals surface area contributed by atoms with Crippen molar-refractivity contribution in [2.45, 2.75) is 110 Å². The van der Waals surface area contributed by atoms with Gasteiger partial charge in [-0.2, -0.15) is 8.42 Å². The van der Waals surface area contributed by atoms with E-state index in [-0.39, 0.29) is 79.4 Å². The minimum atomic E-state index is -4.67. The van der Waals surface area contributed by atoms with Gasteiger partial charge in [-0.3, -0.25) is 57.1 Å². The molecule has 0 aromatic carbocycles. The number of rotatable bonds is 27. The maximum absolute atomic E-state index is 11.2. The Kier molecular flexibility index (Phi) is 106. The van der Waals surface area contributed by atoms with Crippen molar-refractivity contribution in [3.05, 3.63) is 121 Å². The Hall–Kier alpha value is -15.7. The monoisotopic (exact) mass is 1860 g/mol. The number of amides is 10. The molecule has 73 heteroatoms. The zero-order valence-corrected chi connectivity index (χ0v) is 73.6. The molecule has 0 radical (unpaired) electrons. The second-order valence-corrected chi connectivity index (χ2v) is 19.5. The van der Waals surface area contributed by atoms with Crippen LogP contribution >= 0.6 is 0 Å². The van der Waals surface area contributed by atoms with Gasteiger partial charge in [-0.15, -0.1) is 40.9 Å². The molecule has 0 aliphatic rings. The molecular weight excluding hydrogens is 1750 g/mol. The molecule has 0 bridgehead atoms. The molecule has 0 aliphatic heterocycles. The first kappa shape index (κ1) is 144. The molecule has 0 saturated carbocycles. The number of nitro groups is 12. The molecule has 0 heterocycles. The van der Waals surface area contributed by atoms with Gasteiger partial charge in [-0.1, -0.05) is 74.4 Å². The Morgan fingerprint density at radius 3 is 0.744 bits per heavy atom. The number of carbonyl (C=O) groups excluding carboxylic acids is 12. The number of hydrogen-bond acceptors (Lipinski definition) is 40.